The summed E-state index contributed by atoms with van der Waals surface area (Å²) in [7, 11) is 1.71. The van der Waals surface area contributed by atoms with E-state index in [9.17, 15) is 0 Å². The van der Waals surface area contributed by atoms with Crippen LogP contribution in [0.15, 0.2) is 34.7 Å². The molecule has 2 N–H and O–H groups in total. The smallest absolute Gasteiger partial charge is 0.292 e. The molecular formula is C23H24N4O4. The number of hydrogen-bond donors (Lipinski definition) is 1. The number of nitrogens with zero attached hydrogens (tertiary/aromatic N) is 3. The molecule has 6 rings (SSSR count). The van der Waals surface area contributed by atoms with Crippen molar-refractivity contribution in [2.45, 2.75) is 31.9 Å². The maximum absolute atomic E-state index is 6.32. The van der Waals surface area contributed by atoms with Gasteiger partial charge < -0.3 is 28.9 Å². The zero-order valence-electron chi connectivity index (χ0n) is 17.3. The molecule has 3 heterocycles. The van der Waals surface area contributed by atoms with E-state index in [4.69, 9.17) is 29.3 Å². The summed E-state index contributed by atoms with van der Waals surface area (Å²) in [6.45, 7) is 2.06. The number of aryl methyl sites for hydroxylation is 1. The van der Waals surface area contributed by atoms with Gasteiger partial charge in [0.15, 0.2) is 5.58 Å². The highest BCUT2D eigenvalue weighted by atomic mass is 16.5. The van der Waals surface area contributed by atoms with Crippen molar-refractivity contribution in [1.82, 2.24) is 14.5 Å². The van der Waals surface area contributed by atoms with Gasteiger partial charge in [0, 0.05) is 31.4 Å². The number of ether oxygens (including phenoxy) is 3. The van der Waals surface area contributed by atoms with Crippen LogP contribution in [0.1, 0.15) is 19.3 Å². The van der Waals surface area contributed by atoms with Gasteiger partial charge in [-0.1, -0.05) is 0 Å². The quantitative estimate of drug-likeness (QED) is 0.503. The number of methoxy groups -OCH3 is 1. The molecule has 1 fully saturated rings. The van der Waals surface area contributed by atoms with E-state index >= 15 is 0 Å². The fourth-order valence-electron chi connectivity index (χ4n) is 4.38. The molecule has 0 spiro atoms. The van der Waals surface area contributed by atoms with Gasteiger partial charge in [-0.15, -0.1) is 0 Å². The van der Waals surface area contributed by atoms with Gasteiger partial charge >= 0.3 is 0 Å². The van der Waals surface area contributed by atoms with Crippen LogP contribution in [0.2, 0.25) is 0 Å². The van der Waals surface area contributed by atoms with Crippen molar-refractivity contribution >= 4 is 28.1 Å². The van der Waals surface area contributed by atoms with E-state index in [1.54, 1.807) is 7.11 Å². The molecule has 4 aromatic rings. The molecule has 0 bridgehead atoms. The lowest BCUT2D eigenvalue weighted by molar-refractivity contribution is 0.0676. The van der Waals surface area contributed by atoms with Gasteiger partial charge in [-0.3, -0.25) is 0 Å². The lowest BCUT2D eigenvalue weighted by Gasteiger charge is -2.18. The minimum atomic E-state index is 0.0574. The van der Waals surface area contributed by atoms with Gasteiger partial charge in [0.2, 0.25) is 0 Å². The SMILES string of the molecule is COCC(Oc1cc2c3c(c1)nc(-c1ccc4oc(N)nc4c1)n3CCCO2)C1CC1. The number of nitrogens with two attached hydrogens (primary N) is 1. The number of imidazole rings is 1. The van der Waals surface area contributed by atoms with Crippen LogP contribution in [0.25, 0.3) is 33.5 Å². The second kappa shape index (κ2) is 7.16. The molecule has 2 aliphatic rings. The minimum Gasteiger partial charge on any atom is -0.491 e. The summed E-state index contributed by atoms with van der Waals surface area (Å²) < 4.78 is 25.4. The molecule has 1 saturated carbocycles. The molecule has 1 aliphatic heterocycles. The Bertz CT molecular complexity index is 1270. The minimum absolute atomic E-state index is 0.0574. The van der Waals surface area contributed by atoms with E-state index in [0.717, 1.165) is 52.4 Å². The monoisotopic (exact) mass is 420 g/mol. The normalized spacial score (nSPS) is 16.9. The lowest BCUT2D eigenvalue weighted by Crippen LogP contribution is -2.24. The molecular weight excluding hydrogens is 396 g/mol. The Morgan fingerprint density at radius 3 is 2.94 bits per heavy atom. The number of nitrogen functional groups attached to an aromatic ring is 1. The number of aromatic nitrogens is 3. The molecule has 1 atom stereocenters. The maximum Gasteiger partial charge on any atom is 0.292 e. The van der Waals surface area contributed by atoms with Gasteiger partial charge in [-0.25, -0.2) is 4.98 Å². The van der Waals surface area contributed by atoms with E-state index in [0.29, 0.717) is 24.7 Å². The van der Waals surface area contributed by atoms with Gasteiger partial charge in [0.25, 0.3) is 6.01 Å². The fraction of sp³-hybridized carbons (Fsp3) is 0.391. The van der Waals surface area contributed by atoms with Crippen molar-refractivity contribution < 1.29 is 18.6 Å². The molecule has 8 heteroatoms. The molecule has 160 valence electrons. The summed E-state index contributed by atoms with van der Waals surface area (Å²) >= 11 is 0. The van der Waals surface area contributed by atoms with Crippen molar-refractivity contribution in [1.29, 1.82) is 0 Å². The Labute approximate surface area is 178 Å². The summed E-state index contributed by atoms with van der Waals surface area (Å²) in [5, 5.41) is 0. The topological polar surface area (TPSA) is 97.6 Å². The van der Waals surface area contributed by atoms with Gasteiger partial charge in [0.1, 0.15) is 34.5 Å². The predicted octanol–water partition coefficient (Wildman–Crippen LogP) is 4.01. The maximum atomic E-state index is 6.32. The van der Waals surface area contributed by atoms with Gasteiger partial charge in [-0.2, -0.15) is 4.98 Å². The van der Waals surface area contributed by atoms with Crippen molar-refractivity contribution in [3.8, 4) is 22.9 Å². The molecule has 0 saturated heterocycles. The highest BCUT2D eigenvalue weighted by Gasteiger charge is 2.33. The Morgan fingerprint density at radius 1 is 1.19 bits per heavy atom. The Balaban J connectivity index is 1.45. The van der Waals surface area contributed by atoms with E-state index in [1.807, 2.05) is 30.3 Å². The molecule has 1 unspecified atom stereocenters. The average molecular weight is 420 g/mol. The molecule has 1 aliphatic carbocycles. The predicted molar refractivity (Wildman–Crippen MR) is 116 cm³/mol. The molecule has 2 aromatic heterocycles. The second-order valence-electron chi connectivity index (χ2n) is 8.26. The summed E-state index contributed by atoms with van der Waals surface area (Å²) in [4.78, 5) is 9.23. The fourth-order valence-corrected chi connectivity index (χ4v) is 4.38. The Morgan fingerprint density at radius 2 is 2.10 bits per heavy atom. The first-order valence-electron chi connectivity index (χ1n) is 10.7. The Kier molecular flexibility index (Phi) is 4.27. The first-order chi connectivity index (χ1) is 15.2. The zero-order chi connectivity index (χ0) is 20.9. The third-order valence-corrected chi connectivity index (χ3v) is 5.99. The van der Waals surface area contributed by atoms with Crippen molar-refractivity contribution in [2.75, 3.05) is 26.1 Å². The van der Waals surface area contributed by atoms with Crippen LogP contribution in [0.5, 0.6) is 11.5 Å². The molecule has 8 nitrogen and oxygen atoms in total. The van der Waals surface area contributed by atoms with Crippen LogP contribution in [0, 0.1) is 5.92 Å². The number of rotatable bonds is 6. The Hall–Kier alpha value is -3.26. The summed E-state index contributed by atoms with van der Waals surface area (Å²) in [6.07, 6.45) is 3.33. The van der Waals surface area contributed by atoms with Gasteiger partial charge in [-0.05, 0) is 43.4 Å². The van der Waals surface area contributed by atoms with Crippen molar-refractivity contribution in [3.05, 3.63) is 30.3 Å². The largest absolute Gasteiger partial charge is 0.491 e. The van der Waals surface area contributed by atoms with E-state index in [2.05, 4.69) is 9.55 Å². The van der Waals surface area contributed by atoms with Crippen LogP contribution >= 0.6 is 0 Å². The number of fused-ring (bicyclic) bond motifs is 1. The third kappa shape index (κ3) is 3.27. The second-order valence-corrected chi connectivity index (χ2v) is 8.26. The van der Waals surface area contributed by atoms with Crippen LogP contribution in [-0.4, -0.2) is 41.0 Å². The van der Waals surface area contributed by atoms with Crippen LogP contribution in [-0.2, 0) is 11.3 Å². The summed E-state index contributed by atoms with van der Waals surface area (Å²) in [5.74, 6) is 3.01. The number of anilines is 1. The standard InChI is InChI=1S/C23H24N4O4/c1-28-12-20(13-3-4-13)30-15-10-17-21-19(11-15)29-8-2-7-27(21)22(25-17)14-5-6-18-16(9-14)26-23(24)31-18/h5-6,9-11,13,20H,2-4,7-8,12H2,1H3,(H2,24,26). The number of hydrogen-bond acceptors (Lipinski definition) is 7. The number of benzene rings is 2. The lowest BCUT2D eigenvalue weighted by atomic mass is 10.2. The van der Waals surface area contributed by atoms with Crippen molar-refractivity contribution in [3.63, 3.8) is 0 Å². The van der Waals surface area contributed by atoms with E-state index in [-0.39, 0.29) is 12.1 Å². The highest BCUT2D eigenvalue weighted by molar-refractivity contribution is 5.89. The average Bonchev–Trinajstić information content (AvgIpc) is 3.48. The van der Waals surface area contributed by atoms with Crippen LogP contribution < -0.4 is 15.2 Å². The molecule has 31 heavy (non-hydrogen) atoms. The van der Waals surface area contributed by atoms with Crippen LogP contribution in [0.3, 0.4) is 0 Å². The van der Waals surface area contributed by atoms with Crippen molar-refractivity contribution in [2.24, 2.45) is 5.92 Å². The molecule has 2 aromatic carbocycles. The summed E-state index contributed by atoms with van der Waals surface area (Å²) in [5.41, 5.74) is 9.91. The first-order valence-corrected chi connectivity index (χ1v) is 10.7. The van der Waals surface area contributed by atoms with Gasteiger partial charge in [0.05, 0.1) is 18.7 Å². The van der Waals surface area contributed by atoms with Crippen LogP contribution in [0.4, 0.5) is 6.01 Å². The zero-order valence-corrected chi connectivity index (χ0v) is 17.3. The number of oxazole rings is 1. The molecule has 0 amide bonds. The third-order valence-electron chi connectivity index (χ3n) is 5.99. The highest BCUT2D eigenvalue weighted by Crippen LogP contribution is 2.40. The summed E-state index contributed by atoms with van der Waals surface area (Å²) in [6, 6.07) is 9.99. The first kappa shape index (κ1) is 18.5. The van der Waals surface area contributed by atoms with E-state index < -0.39 is 0 Å². The molecule has 0 radical (unpaired) electrons. The van der Waals surface area contributed by atoms with E-state index in [1.165, 1.54) is 12.8 Å².